The van der Waals surface area contributed by atoms with Gasteiger partial charge in [-0.15, -0.1) is 0 Å². The van der Waals surface area contributed by atoms with Crippen LogP contribution >= 0.6 is 15.9 Å². The van der Waals surface area contributed by atoms with Crippen LogP contribution in [0.25, 0.3) is 0 Å². The van der Waals surface area contributed by atoms with Crippen LogP contribution in [-0.2, 0) is 0 Å². The van der Waals surface area contributed by atoms with Crippen molar-refractivity contribution in [1.82, 2.24) is 5.01 Å². The van der Waals surface area contributed by atoms with E-state index >= 15 is 0 Å². The number of para-hydroxylation sites is 1. The van der Waals surface area contributed by atoms with Crippen molar-refractivity contribution in [1.29, 1.82) is 0 Å². The molecule has 0 atom stereocenters. The van der Waals surface area contributed by atoms with Crippen molar-refractivity contribution >= 4 is 27.8 Å². The van der Waals surface area contributed by atoms with Crippen LogP contribution in [0.5, 0.6) is 5.75 Å². The third-order valence-electron chi connectivity index (χ3n) is 3.92. The largest absolute Gasteiger partial charge is 0.496 e. The van der Waals surface area contributed by atoms with E-state index in [9.17, 15) is 0 Å². The summed E-state index contributed by atoms with van der Waals surface area (Å²) in [7, 11) is 1.67. The fraction of sp³-hybridized carbons (Fsp3) is 0.278. The molecular formula is C18H20BrN3O. The Kier molecular flexibility index (Phi) is 5.18. The molecule has 0 aliphatic carbocycles. The van der Waals surface area contributed by atoms with Crippen molar-refractivity contribution in [3.8, 4) is 5.75 Å². The average molecular weight is 374 g/mol. The van der Waals surface area contributed by atoms with Crippen LogP contribution in [0.1, 0.15) is 5.56 Å². The molecule has 1 aliphatic rings. The summed E-state index contributed by atoms with van der Waals surface area (Å²) >= 11 is 3.50. The monoisotopic (exact) mass is 373 g/mol. The molecule has 1 aliphatic heterocycles. The summed E-state index contributed by atoms with van der Waals surface area (Å²) in [5.41, 5.74) is 2.35. The first kappa shape index (κ1) is 15.9. The van der Waals surface area contributed by atoms with Gasteiger partial charge in [0, 0.05) is 18.8 Å². The number of hydrogen-bond donors (Lipinski definition) is 0. The van der Waals surface area contributed by atoms with E-state index in [4.69, 9.17) is 4.74 Å². The Morgan fingerprint density at radius 1 is 1.04 bits per heavy atom. The van der Waals surface area contributed by atoms with Gasteiger partial charge in [-0.25, -0.2) is 0 Å². The first-order valence-corrected chi connectivity index (χ1v) is 8.48. The average Bonchev–Trinajstić information content (AvgIpc) is 2.61. The van der Waals surface area contributed by atoms with Gasteiger partial charge in [-0.2, -0.15) is 5.10 Å². The molecule has 4 nitrogen and oxygen atoms in total. The summed E-state index contributed by atoms with van der Waals surface area (Å²) in [6, 6.07) is 16.5. The fourth-order valence-electron chi connectivity index (χ4n) is 2.62. The predicted octanol–water partition coefficient (Wildman–Crippen LogP) is 3.61. The highest BCUT2D eigenvalue weighted by Gasteiger charge is 2.15. The smallest absolute Gasteiger partial charge is 0.133 e. The van der Waals surface area contributed by atoms with E-state index in [1.54, 1.807) is 7.11 Å². The molecule has 5 heteroatoms. The zero-order valence-electron chi connectivity index (χ0n) is 13.2. The summed E-state index contributed by atoms with van der Waals surface area (Å²) < 4.78 is 6.18. The molecular weight excluding hydrogens is 354 g/mol. The summed E-state index contributed by atoms with van der Waals surface area (Å²) in [5, 5.41) is 6.72. The molecule has 1 saturated heterocycles. The van der Waals surface area contributed by atoms with Crippen molar-refractivity contribution in [3.63, 3.8) is 0 Å². The maximum atomic E-state index is 5.24. The lowest BCUT2D eigenvalue weighted by Gasteiger charge is -2.34. The van der Waals surface area contributed by atoms with Gasteiger partial charge in [0.05, 0.1) is 30.9 Å². The Bertz CT molecular complexity index is 667. The van der Waals surface area contributed by atoms with E-state index in [2.05, 4.69) is 61.3 Å². The Labute approximate surface area is 145 Å². The van der Waals surface area contributed by atoms with Crippen LogP contribution in [0.2, 0.25) is 0 Å². The molecule has 1 heterocycles. The Hall–Kier alpha value is -2.01. The number of benzene rings is 2. The second-order valence-corrected chi connectivity index (χ2v) is 6.27. The number of anilines is 1. The number of rotatable bonds is 4. The number of halogens is 1. The van der Waals surface area contributed by atoms with E-state index in [-0.39, 0.29) is 0 Å². The van der Waals surface area contributed by atoms with Crippen LogP contribution < -0.4 is 9.64 Å². The predicted molar refractivity (Wildman–Crippen MR) is 98.5 cm³/mol. The maximum absolute atomic E-state index is 5.24. The lowest BCUT2D eigenvalue weighted by Crippen LogP contribution is -2.44. The number of piperazine rings is 1. The second-order valence-electron chi connectivity index (χ2n) is 5.41. The van der Waals surface area contributed by atoms with Crippen molar-refractivity contribution in [2.75, 3.05) is 38.2 Å². The number of nitrogens with zero attached hydrogens (tertiary/aromatic N) is 3. The number of ether oxygens (including phenoxy) is 1. The molecule has 0 amide bonds. The van der Waals surface area contributed by atoms with Gasteiger partial charge < -0.3 is 9.64 Å². The lowest BCUT2D eigenvalue weighted by molar-refractivity contribution is 0.272. The molecule has 120 valence electrons. The standard InChI is InChI=1S/C18H20BrN3O/c1-23-18-8-7-15(13-17(18)19)14-20-22-11-9-21(10-12-22)16-5-3-2-4-6-16/h2-8,13-14H,9-12H2,1H3/b20-14+. The Morgan fingerprint density at radius 3 is 2.43 bits per heavy atom. The highest BCUT2D eigenvalue weighted by atomic mass is 79.9. The molecule has 2 aromatic rings. The summed E-state index contributed by atoms with van der Waals surface area (Å²) in [6.07, 6.45) is 1.91. The molecule has 0 spiro atoms. The van der Waals surface area contributed by atoms with Gasteiger partial charge in [0.2, 0.25) is 0 Å². The van der Waals surface area contributed by atoms with Gasteiger partial charge in [0.1, 0.15) is 5.75 Å². The highest BCUT2D eigenvalue weighted by molar-refractivity contribution is 9.10. The zero-order valence-corrected chi connectivity index (χ0v) is 14.7. The van der Waals surface area contributed by atoms with E-state index in [1.807, 2.05) is 24.4 Å². The Morgan fingerprint density at radius 2 is 1.78 bits per heavy atom. The summed E-state index contributed by atoms with van der Waals surface area (Å²) in [6.45, 7) is 3.85. The van der Waals surface area contributed by atoms with Gasteiger partial charge in [-0.05, 0) is 51.8 Å². The molecule has 0 saturated carbocycles. The van der Waals surface area contributed by atoms with E-state index in [1.165, 1.54) is 5.69 Å². The molecule has 0 unspecified atom stereocenters. The topological polar surface area (TPSA) is 28.1 Å². The van der Waals surface area contributed by atoms with E-state index in [0.29, 0.717) is 0 Å². The minimum atomic E-state index is 0.832. The Balaban J connectivity index is 1.57. The van der Waals surface area contributed by atoms with Crippen molar-refractivity contribution in [2.45, 2.75) is 0 Å². The van der Waals surface area contributed by atoms with Crippen molar-refractivity contribution in [2.24, 2.45) is 5.10 Å². The number of hydrazone groups is 1. The van der Waals surface area contributed by atoms with Gasteiger partial charge in [0.15, 0.2) is 0 Å². The van der Waals surface area contributed by atoms with Gasteiger partial charge in [-0.3, -0.25) is 5.01 Å². The molecule has 0 aromatic heterocycles. The van der Waals surface area contributed by atoms with Gasteiger partial charge >= 0.3 is 0 Å². The third kappa shape index (κ3) is 4.05. The van der Waals surface area contributed by atoms with Crippen molar-refractivity contribution < 1.29 is 4.74 Å². The van der Waals surface area contributed by atoms with E-state index < -0.39 is 0 Å². The maximum Gasteiger partial charge on any atom is 0.133 e. The molecule has 0 N–H and O–H groups in total. The molecule has 0 bridgehead atoms. The van der Waals surface area contributed by atoms with Crippen LogP contribution in [-0.4, -0.2) is 44.5 Å². The number of hydrogen-bond acceptors (Lipinski definition) is 4. The van der Waals surface area contributed by atoms with Crippen LogP contribution in [0.3, 0.4) is 0 Å². The van der Waals surface area contributed by atoms with E-state index in [0.717, 1.165) is 42.0 Å². The summed E-state index contributed by atoms with van der Waals surface area (Å²) in [5.74, 6) is 0.832. The van der Waals surface area contributed by atoms with Crippen LogP contribution in [0, 0.1) is 0 Å². The fourth-order valence-corrected chi connectivity index (χ4v) is 3.18. The normalized spacial score (nSPS) is 15.2. The minimum Gasteiger partial charge on any atom is -0.496 e. The second kappa shape index (κ2) is 7.51. The SMILES string of the molecule is COc1ccc(/C=N/N2CCN(c3ccccc3)CC2)cc1Br. The highest BCUT2D eigenvalue weighted by Crippen LogP contribution is 2.25. The van der Waals surface area contributed by atoms with Crippen molar-refractivity contribution in [3.05, 3.63) is 58.6 Å². The third-order valence-corrected chi connectivity index (χ3v) is 4.54. The molecule has 2 aromatic carbocycles. The van der Waals surface area contributed by atoms with Gasteiger partial charge in [0.25, 0.3) is 0 Å². The lowest BCUT2D eigenvalue weighted by atomic mass is 10.2. The minimum absolute atomic E-state index is 0.832. The van der Waals surface area contributed by atoms with Crippen LogP contribution in [0.15, 0.2) is 58.1 Å². The van der Waals surface area contributed by atoms with Gasteiger partial charge in [-0.1, -0.05) is 18.2 Å². The molecule has 3 rings (SSSR count). The molecule has 1 fully saturated rings. The first-order valence-electron chi connectivity index (χ1n) is 7.69. The zero-order chi connectivity index (χ0) is 16.1. The van der Waals surface area contributed by atoms with Crippen LogP contribution in [0.4, 0.5) is 5.69 Å². The molecule has 23 heavy (non-hydrogen) atoms. The quantitative estimate of drug-likeness (QED) is 0.766. The first-order chi connectivity index (χ1) is 11.3. The summed E-state index contributed by atoms with van der Waals surface area (Å²) in [4.78, 5) is 2.40. The number of methoxy groups -OCH3 is 1. The molecule has 0 radical (unpaired) electrons.